The van der Waals surface area contributed by atoms with Gasteiger partial charge in [-0.1, -0.05) is 6.07 Å². The summed E-state index contributed by atoms with van der Waals surface area (Å²) in [6.07, 6.45) is 1.81. The smallest absolute Gasteiger partial charge is 0.243 e. The molecule has 0 atom stereocenters. The molecule has 1 saturated heterocycles. The van der Waals surface area contributed by atoms with Gasteiger partial charge in [0.25, 0.3) is 0 Å². The lowest BCUT2D eigenvalue weighted by atomic mass is 10.2. The maximum atomic E-state index is 12.4. The number of benzene rings is 1. The first-order valence-electron chi connectivity index (χ1n) is 5.96. The Bertz CT molecular complexity index is 662. The van der Waals surface area contributed by atoms with Gasteiger partial charge >= 0.3 is 0 Å². The molecule has 0 bridgehead atoms. The van der Waals surface area contributed by atoms with Crippen LogP contribution in [0.1, 0.15) is 0 Å². The second-order valence-electron chi connectivity index (χ2n) is 4.38. The van der Waals surface area contributed by atoms with Gasteiger partial charge in [-0.2, -0.15) is 4.31 Å². The van der Waals surface area contributed by atoms with Gasteiger partial charge in [0.15, 0.2) is 0 Å². The molecule has 0 spiro atoms. The molecule has 2 N–H and O–H groups in total. The zero-order chi connectivity index (χ0) is 12.6. The lowest BCUT2D eigenvalue weighted by molar-refractivity contribution is 0.360. The Morgan fingerprint density at radius 2 is 1.84 bits per heavy atom. The van der Waals surface area contributed by atoms with Crippen LogP contribution in [0.3, 0.4) is 0 Å². The van der Waals surface area contributed by atoms with Crippen molar-refractivity contribution in [1.82, 2.24) is 14.6 Å². The molecule has 0 saturated carbocycles. The van der Waals surface area contributed by atoms with Crippen molar-refractivity contribution in [3.63, 3.8) is 0 Å². The van der Waals surface area contributed by atoms with E-state index in [9.17, 15) is 8.42 Å². The van der Waals surface area contributed by atoms with Crippen LogP contribution < -0.4 is 5.32 Å². The molecule has 2 aromatic rings. The van der Waals surface area contributed by atoms with Crippen LogP contribution >= 0.6 is 12.4 Å². The van der Waals surface area contributed by atoms with Gasteiger partial charge in [0.2, 0.25) is 10.0 Å². The van der Waals surface area contributed by atoms with Crippen LogP contribution in [-0.4, -0.2) is 43.9 Å². The van der Waals surface area contributed by atoms with Gasteiger partial charge in [0.05, 0.1) is 4.90 Å². The van der Waals surface area contributed by atoms with Crippen LogP contribution in [0.5, 0.6) is 0 Å². The number of halogens is 1. The fourth-order valence-corrected chi connectivity index (χ4v) is 3.69. The molecular weight excluding hydrogens is 286 g/mol. The van der Waals surface area contributed by atoms with E-state index in [0.717, 1.165) is 10.9 Å². The van der Waals surface area contributed by atoms with Gasteiger partial charge < -0.3 is 10.3 Å². The number of hydrogen-bond acceptors (Lipinski definition) is 3. The minimum Gasteiger partial charge on any atom is -0.361 e. The third-order valence-electron chi connectivity index (χ3n) is 3.24. The van der Waals surface area contributed by atoms with E-state index in [0.29, 0.717) is 31.1 Å². The van der Waals surface area contributed by atoms with Gasteiger partial charge in [0, 0.05) is 37.9 Å². The highest BCUT2D eigenvalue weighted by atomic mass is 35.5. The van der Waals surface area contributed by atoms with Crippen LogP contribution in [0.15, 0.2) is 35.4 Å². The van der Waals surface area contributed by atoms with Crippen molar-refractivity contribution >= 4 is 33.3 Å². The number of fused-ring (bicyclic) bond motifs is 1. The lowest BCUT2D eigenvalue weighted by Crippen LogP contribution is -2.46. The van der Waals surface area contributed by atoms with Gasteiger partial charge in [-0.15, -0.1) is 12.4 Å². The molecule has 1 aromatic heterocycles. The van der Waals surface area contributed by atoms with E-state index in [1.165, 1.54) is 4.31 Å². The number of rotatable bonds is 2. The molecule has 0 radical (unpaired) electrons. The van der Waals surface area contributed by atoms with E-state index in [-0.39, 0.29) is 12.4 Å². The number of nitrogens with zero attached hydrogens (tertiary/aromatic N) is 1. The molecule has 2 heterocycles. The Morgan fingerprint density at radius 3 is 2.58 bits per heavy atom. The number of sulfonamides is 1. The van der Waals surface area contributed by atoms with Gasteiger partial charge in [-0.05, 0) is 23.6 Å². The van der Waals surface area contributed by atoms with Crippen LogP contribution in [0.25, 0.3) is 10.9 Å². The highest BCUT2D eigenvalue weighted by Gasteiger charge is 2.25. The maximum absolute atomic E-state index is 12.4. The predicted molar refractivity (Wildman–Crippen MR) is 77.2 cm³/mol. The molecule has 1 aliphatic rings. The average Bonchev–Trinajstić information content (AvgIpc) is 2.87. The Morgan fingerprint density at radius 1 is 1.11 bits per heavy atom. The molecular formula is C12H16ClN3O2S. The first kappa shape index (κ1) is 14.3. The summed E-state index contributed by atoms with van der Waals surface area (Å²) in [6.45, 7) is 2.49. The third-order valence-corrected chi connectivity index (χ3v) is 5.13. The molecule has 0 amide bonds. The molecule has 104 valence electrons. The van der Waals surface area contributed by atoms with Crippen molar-refractivity contribution in [2.75, 3.05) is 26.2 Å². The summed E-state index contributed by atoms with van der Waals surface area (Å²) in [5, 5.41) is 4.17. The predicted octanol–water partition coefficient (Wildman–Crippen LogP) is 1.18. The van der Waals surface area contributed by atoms with Crippen LogP contribution in [0.4, 0.5) is 0 Å². The van der Waals surface area contributed by atoms with Gasteiger partial charge in [0.1, 0.15) is 0 Å². The van der Waals surface area contributed by atoms with E-state index in [1.807, 2.05) is 18.3 Å². The van der Waals surface area contributed by atoms with Crippen LogP contribution in [0.2, 0.25) is 0 Å². The van der Waals surface area contributed by atoms with E-state index in [4.69, 9.17) is 0 Å². The monoisotopic (exact) mass is 301 g/mol. The lowest BCUT2D eigenvalue weighted by Gasteiger charge is -2.26. The zero-order valence-corrected chi connectivity index (χ0v) is 11.9. The van der Waals surface area contributed by atoms with Crippen molar-refractivity contribution in [1.29, 1.82) is 0 Å². The van der Waals surface area contributed by atoms with Gasteiger partial charge in [-0.3, -0.25) is 0 Å². The number of aromatic amines is 1. The number of H-pyrrole nitrogens is 1. The van der Waals surface area contributed by atoms with E-state index in [1.54, 1.807) is 12.1 Å². The maximum Gasteiger partial charge on any atom is 0.243 e. The summed E-state index contributed by atoms with van der Waals surface area (Å²) < 4.78 is 26.4. The minimum atomic E-state index is -3.36. The van der Waals surface area contributed by atoms with Crippen molar-refractivity contribution in [2.45, 2.75) is 4.90 Å². The van der Waals surface area contributed by atoms with Gasteiger partial charge in [-0.25, -0.2) is 8.42 Å². The molecule has 1 aliphatic heterocycles. The Hall–Kier alpha value is -1.08. The third kappa shape index (κ3) is 2.62. The quantitative estimate of drug-likeness (QED) is 0.875. The van der Waals surface area contributed by atoms with Crippen molar-refractivity contribution in [3.8, 4) is 0 Å². The Balaban J connectivity index is 0.00000133. The van der Waals surface area contributed by atoms with E-state index >= 15 is 0 Å². The summed E-state index contributed by atoms with van der Waals surface area (Å²) in [6, 6.07) is 7.14. The van der Waals surface area contributed by atoms with E-state index in [2.05, 4.69) is 10.3 Å². The Labute approximate surface area is 118 Å². The zero-order valence-electron chi connectivity index (χ0n) is 10.3. The van der Waals surface area contributed by atoms with E-state index < -0.39 is 10.0 Å². The average molecular weight is 302 g/mol. The molecule has 1 aromatic carbocycles. The number of aromatic nitrogens is 1. The normalized spacial score (nSPS) is 17.3. The van der Waals surface area contributed by atoms with Crippen molar-refractivity contribution in [3.05, 3.63) is 30.5 Å². The Kier molecular flexibility index (Phi) is 4.15. The first-order valence-corrected chi connectivity index (χ1v) is 7.40. The molecule has 0 aliphatic carbocycles. The summed E-state index contributed by atoms with van der Waals surface area (Å²) in [7, 11) is -3.36. The molecule has 5 nitrogen and oxygen atoms in total. The van der Waals surface area contributed by atoms with Crippen molar-refractivity contribution in [2.24, 2.45) is 0 Å². The summed E-state index contributed by atoms with van der Waals surface area (Å²) >= 11 is 0. The van der Waals surface area contributed by atoms with Crippen LogP contribution in [0, 0.1) is 0 Å². The summed E-state index contributed by atoms with van der Waals surface area (Å²) in [5.74, 6) is 0. The molecule has 19 heavy (non-hydrogen) atoms. The fraction of sp³-hybridized carbons (Fsp3) is 0.333. The molecule has 7 heteroatoms. The second-order valence-corrected chi connectivity index (χ2v) is 6.32. The standard InChI is InChI=1S/C12H15N3O2S.ClH/c16-18(17,15-7-5-13-6-8-15)11-2-1-10-3-4-14-12(10)9-11;/h1-4,9,13-14H,5-8H2;1H. The molecule has 3 rings (SSSR count). The highest BCUT2D eigenvalue weighted by molar-refractivity contribution is 7.89. The van der Waals surface area contributed by atoms with Crippen molar-refractivity contribution < 1.29 is 8.42 Å². The number of piperazine rings is 1. The SMILES string of the molecule is Cl.O=S(=O)(c1ccc2cc[nH]c2c1)N1CCNCC1. The fourth-order valence-electron chi connectivity index (χ4n) is 2.22. The minimum absolute atomic E-state index is 0. The second kappa shape index (κ2) is 5.50. The molecule has 0 unspecified atom stereocenters. The number of hydrogen-bond donors (Lipinski definition) is 2. The number of nitrogens with one attached hydrogen (secondary N) is 2. The largest absolute Gasteiger partial charge is 0.361 e. The molecule has 1 fully saturated rings. The summed E-state index contributed by atoms with van der Waals surface area (Å²) in [4.78, 5) is 3.40. The highest BCUT2D eigenvalue weighted by Crippen LogP contribution is 2.21. The topological polar surface area (TPSA) is 65.2 Å². The first-order chi connectivity index (χ1) is 8.68. The summed E-state index contributed by atoms with van der Waals surface area (Å²) in [5.41, 5.74) is 0.853. The van der Waals surface area contributed by atoms with Crippen LogP contribution in [-0.2, 0) is 10.0 Å².